The molecule has 1 N–H and O–H groups in total. The number of unbranched alkanes of at least 4 members (excludes halogenated alkanes) is 3. The highest BCUT2D eigenvalue weighted by Crippen LogP contribution is 2.33. The molecule has 3 saturated heterocycles. The lowest BCUT2D eigenvalue weighted by Gasteiger charge is -2.42. The third kappa shape index (κ3) is 8.02. The van der Waals surface area contributed by atoms with E-state index in [0.29, 0.717) is 18.4 Å². The molecule has 0 aromatic heterocycles. The minimum Gasteiger partial charge on any atom is -0.493 e. The van der Waals surface area contributed by atoms with Crippen LogP contribution < -0.4 is 10.1 Å². The first-order chi connectivity index (χ1) is 21.5. The van der Waals surface area contributed by atoms with Crippen LogP contribution in [0.2, 0.25) is 0 Å². The maximum Gasteiger partial charge on any atom is 0.410 e. The van der Waals surface area contributed by atoms with Crippen molar-refractivity contribution >= 4 is 29.7 Å². The Labute approximate surface area is 265 Å². The lowest BCUT2D eigenvalue weighted by molar-refractivity contribution is -0.136. The van der Waals surface area contributed by atoms with E-state index in [-0.39, 0.29) is 30.1 Å². The van der Waals surface area contributed by atoms with Gasteiger partial charge in [-0.3, -0.25) is 34.3 Å². The van der Waals surface area contributed by atoms with Crippen LogP contribution in [0.3, 0.4) is 0 Å². The summed E-state index contributed by atoms with van der Waals surface area (Å²) in [5.41, 5.74) is -0.0379. The van der Waals surface area contributed by atoms with E-state index in [2.05, 4.69) is 15.1 Å². The fourth-order valence-corrected chi connectivity index (χ4v) is 6.67. The Morgan fingerprint density at radius 1 is 0.889 bits per heavy atom. The summed E-state index contributed by atoms with van der Waals surface area (Å²) in [7, 11) is 0. The molecule has 0 saturated carbocycles. The standard InChI is InChI=1S/C33H47N5O7/c1-33(2,3)45-32(43)37-16-13-23(14-17-37)36-20-18-35(19-21-36)15-6-4-5-7-22-44-26-10-8-9-24-28(26)31(42)38(30(24)41)25-11-12-27(39)34-29(25)40/h8-10,23,25H,4-7,11-22H2,1-3H3,(H,34,39,40). The molecule has 0 spiro atoms. The normalized spacial score (nSPS) is 22.1. The lowest BCUT2D eigenvalue weighted by atomic mass is 10.0. The molecule has 1 unspecified atom stereocenters. The second-order valence-electron chi connectivity index (χ2n) is 13.5. The number of piperazine rings is 1. The van der Waals surface area contributed by atoms with Gasteiger partial charge in [0.2, 0.25) is 11.8 Å². The summed E-state index contributed by atoms with van der Waals surface area (Å²) in [6.07, 6.45) is 6.03. The van der Waals surface area contributed by atoms with Gasteiger partial charge in [0.05, 0.1) is 17.7 Å². The van der Waals surface area contributed by atoms with Crippen LogP contribution in [0.5, 0.6) is 5.75 Å². The first-order valence-corrected chi connectivity index (χ1v) is 16.4. The van der Waals surface area contributed by atoms with Crippen molar-refractivity contribution in [1.82, 2.24) is 24.9 Å². The SMILES string of the molecule is CC(C)(C)OC(=O)N1CCC(N2CCN(CCCCCCOc3cccc4c3C(=O)N(C3CCC(=O)NC3=O)C4=O)CC2)CC1. The topological polar surface area (TPSA) is 129 Å². The van der Waals surface area contributed by atoms with Gasteiger partial charge in [0.25, 0.3) is 11.8 Å². The number of hydrogen-bond donors (Lipinski definition) is 1. The minimum absolute atomic E-state index is 0.0848. The fourth-order valence-electron chi connectivity index (χ4n) is 6.67. The zero-order valence-corrected chi connectivity index (χ0v) is 26.8. The molecule has 0 bridgehead atoms. The Morgan fingerprint density at radius 2 is 1.60 bits per heavy atom. The van der Waals surface area contributed by atoms with E-state index in [0.717, 1.165) is 89.2 Å². The van der Waals surface area contributed by atoms with Crippen molar-refractivity contribution in [1.29, 1.82) is 0 Å². The van der Waals surface area contributed by atoms with Crippen molar-refractivity contribution < 1.29 is 33.4 Å². The van der Waals surface area contributed by atoms with E-state index in [1.165, 1.54) is 0 Å². The van der Waals surface area contributed by atoms with Gasteiger partial charge in [-0.2, -0.15) is 0 Å². The molecule has 5 amide bonds. The number of piperidine rings is 2. The van der Waals surface area contributed by atoms with Crippen LogP contribution in [0.25, 0.3) is 0 Å². The molecule has 4 aliphatic heterocycles. The number of likely N-dealkylation sites (tertiary alicyclic amines) is 1. The van der Waals surface area contributed by atoms with Crippen LogP contribution in [-0.2, 0) is 14.3 Å². The molecule has 12 heteroatoms. The fraction of sp³-hybridized carbons (Fsp3) is 0.667. The first-order valence-electron chi connectivity index (χ1n) is 16.4. The van der Waals surface area contributed by atoms with Gasteiger partial charge < -0.3 is 19.3 Å². The van der Waals surface area contributed by atoms with Gasteiger partial charge in [-0.05, 0) is 71.6 Å². The van der Waals surface area contributed by atoms with Gasteiger partial charge in [-0.1, -0.05) is 18.9 Å². The van der Waals surface area contributed by atoms with Gasteiger partial charge in [0, 0.05) is 51.7 Å². The monoisotopic (exact) mass is 625 g/mol. The van der Waals surface area contributed by atoms with Gasteiger partial charge >= 0.3 is 6.09 Å². The van der Waals surface area contributed by atoms with Crippen molar-refractivity contribution in [2.75, 3.05) is 52.4 Å². The van der Waals surface area contributed by atoms with Crippen LogP contribution in [0.4, 0.5) is 4.79 Å². The molecule has 5 rings (SSSR count). The number of amides is 5. The number of hydrogen-bond acceptors (Lipinski definition) is 9. The number of nitrogens with one attached hydrogen (secondary N) is 1. The Kier molecular flexibility index (Phi) is 10.4. The number of nitrogens with zero attached hydrogens (tertiary/aromatic N) is 4. The Balaban J connectivity index is 0.964. The summed E-state index contributed by atoms with van der Waals surface area (Å²) in [6, 6.07) is 4.48. The van der Waals surface area contributed by atoms with Crippen LogP contribution in [0.1, 0.15) is 92.9 Å². The van der Waals surface area contributed by atoms with Gasteiger partial charge in [-0.15, -0.1) is 0 Å². The molecule has 45 heavy (non-hydrogen) atoms. The van der Waals surface area contributed by atoms with Crippen molar-refractivity contribution in [2.45, 2.75) is 89.8 Å². The van der Waals surface area contributed by atoms with Crippen molar-refractivity contribution in [3.8, 4) is 5.75 Å². The van der Waals surface area contributed by atoms with E-state index in [1.54, 1.807) is 18.2 Å². The van der Waals surface area contributed by atoms with E-state index in [9.17, 15) is 24.0 Å². The minimum atomic E-state index is -0.991. The zero-order chi connectivity index (χ0) is 32.1. The summed E-state index contributed by atoms with van der Waals surface area (Å²) in [6.45, 7) is 13.0. The molecule has 4 aliphatic rings. The number of fused-ring (bicyclic) bond motifs is 1. The van der Waals surface area contributed by atoms with Gasteiger partial charge in [-0.25, -0.2) is 4.79 Å². The van der Waals surface area contributed by atoms with Crippen LogP contribution >= 0.6 is 0 Å². The smallest absolute Gasteiger partial charge is 0.410 e. The lowest BCUT2D eigenvalue weighted by Crippen LogP contribution is -2.54. The molecule has 246 valence electrons. The highest BCUT2D eigenvalue weighted by atomic mass is 16.6. The van der Waals surface area contributed by atoms with Crippen molar-refractivity contribution in [2.24, 2.45) is 0 Å². The molecule has 12 nitrogen and oxygen atoms in total. The predicted molar refractivity (Wildman–Crippen MR) is 166 cm³/mol. The van der Waals surface area contributed by atoms with Crippen LogP contribution in [-0.4, -0.2) is 119 Å². The molecule has 0 aliphatic carbocycles. The predicted octanol–water partition coefficient (Wildman–Crippen LogP) is 3.04. The number of benzene rings is 1. The molecule has 3 fully saturated rings. The molecular formula is C33H47N5O7. The average molecular weight is 626 g/mol. The summed E-state index contributed by atoms with van der Waals surface area (Å²) in [5.74, 6) is -1.74. The van der Waals surface area contributed by atoms with E-state index in [1.807, 2.05) is 25.7 Å². The quantitative estimate of drug-likeness (QED) is 0.308. The van der Waals surface area contributed by atoms with E-state index in [4.69, 9.17) is 9.47 Å². The Hall–Kier alpha value is -3.51. The number of carbonyl (C=O) groups is 5. The Bertz CT molecular complexity index is 1280. The molecule has 1 aromatic rings. The Morgan fingerprint density at radius 3 is 2.29 bits per heavy atom. The summed E-state index contributed by atoms with van der Waals surface area (Å²) in [5, 5.41) is 2.22. The molecular weight excluding hydrogens is 578 g/mol. The van der Waals surface area contributed by atoms with Gasteiger partial charge in [0.1, 0.15) is 17.4 Å². The number of rotatable bonds is 10. The summed E-state index contributed by atoms with van der Waals surface area (Å²) in [4.78, 5) is 70.3. The summed E-state index contributed by atoms with van der Waals surface area (Å²) >= 11 is 0. The first kappa shape index (κ1) is 32.9. The van der Waals surface area contributed by atoms with Crippen LogP contribution in [0, 0.1) is 0 Å². The molecule has 1 aromatic carbocycles. The van der Waals surface area contributed by atoms with Crippen LogP contribution in [0.15, 0.2) is 18.2 Å². The summed E-state index contributed by atoms with van der Waals surface area (Å²) < 4.78 is 11.5. The average Bonchev–Trinajstić information content (AvgIpc) is 3.26. The molecule has 0 radical (unpaired) electrons. The number of carbonyl (C=O) groups excluding carboxylic acids is 5. The number of imide groups is 2. The van der Waals surface area contributed by atoms with Gasteiger partial charge in [0.15, 0.2) is 0 Å². The largest absolute Gasteiger partial charge is 0.493 e. The third-order valence-electron chi connectivity index (χ3n) is 9.10. The van der Waals surface area contributed by atoms with E-state index < -0.39 is 35.3 Å². The molecule has 1 atom stereocenters. The van der Waals surface area contributed by atoms with Crippen molar-refractivity contribution in [3.05, 3.63) is 29.3 Å². The highest BCUT2D eigenvalue weighted by molar-refractivity contribution is 6.24. The second kappa shape index (κ2) is 14.3. The zero-order valence-electron chi connectivity index (χ0n) is 26.8. The molecule has 4 heterocycles. The highest BCUT2D eigenvalue weighted by Gasteiger charge is 2.46. The van der Waals surface area contributed by atoms with Crippen molar-refractivity contribution in [3.63, 3.8) is 0 Å². The third-order valence-corrected chi connectivity index (χ3v) is 9.10. The maximum absolute atomic E-state index is 13.2. The van der Waals surface area contributed by atoms with E-state index >= 15 is 0 Å². The number of ether oxygens (including phenoxy) is 2. The second-order valence-corrected chi connectivity index (χ2v) is 13.5. The maximum atomic E-state index is 13.2.